The van der Waals surface area contributed by atoms with Crippen LogP contribution < -0.4 is 11.1 Å². The van der Waals surface area contributed by atoms with Crippen molar-refractivity contribution in [3.63, 3.8) is 0 Å². The number of nitrogens with one attached hydrogen (secondary N) is 1. The molecule has 0 unspecified atom stereocenters. The predicted octanol–water partition coefficient (Wildman–Crippen LogP) is 3.07. The van der Waals surface area contributed by atoms with Gasteiger partial charge >= 0.3 is 0 Å². The zero-order valence-electron chi connectivity index (χ0n) is 12.6. The van der Waals surface area contributed by atoms with E-state index in [1.807, 2.05) is 55.5 Å². The van der Waals surface area contributed by atoms with Crippen molar-refractivity contribution in [3.05, 3.63) is 65.2 Å². The van der Waals surface area contributed by atoms with Gasteiger partial charge in [0.25, 0.3) is 0 Å². The molecule has 2 aromatic carbocycles. The van der Waals surface area contributed by atoms with E-state index in [0.29, 0.717) is 12.5 Å². The van der Waals surface area contributed by atoms with Crippen LogP contribution in [0, 0.1) is 6.92 Å². The van der Waals surface area contributed by atoms with Crippen LogP contribution in [-0.2, 0) is 13.0 Å². The molecular weight excluding hydrogens is 389 g/mol. The average molecular weight is 411 g/mol. The van der Waals surface area contributed by atoms with Crippen molar-refractivity contribution in [1.82, 2.24) is 0 Å². The maximum absolute atomic E-state index is 8.99. The summed E-state index contributed by atoms with van der Waals surface area (Å²) >= 11 is 0. The zero-order chi connectivity index (χ0) is 15.1. The fourth-order valence-corrected chi connectivity index (χ4v) is 2.03. The number of aliphatic hydroxyl groups excluding tert-OH is 1. The standard InChI is InChI=1S/C17H21N3O.HI/c1-13-3-2-4-16(11-13)20-17(18)19-10-9-14-5-7-15(12-21)8-6-14;/h2-8,11,21H,9-10,12H2,1H3,(H3,18,19,20);1H. The summed E-state index contributed by atoms with van der Waals surface area (Å²) in [6.07, 6.45) is 0.821. The average Bonchev–Trinajstić information content (AvgIpc) is 2.48. The summed E-state index contributed by atoms with van der Waals surface area (Å²) in [6, 6.07) is 15.9. The van der Waals surface area contributed by atoms with Gasteiger partial charge in [-0.2, -0.15) is 0 Å². The molecule has 0 amide bonds. The Labute approximate surface area is 148 Å². The number of rotatable bonds is 5. The van der Waals surface area contributed by atoms with Gasteiger partial charge in [-0.1, -0.05) is 36.4 Å². The fraction of sp³-hybridized carbons (Fsp3) is 0.235. The summed E-state index contributed by atoms with van der Waals surface area (Å²) in [6.45, 7) is 2.74. The van der Waals surface area contributed by atoms with Gasteiger partial charge in [0.15, 0.2) is 5.96 Å². The molecule has 5 heteroatoms. The lowest BCUT2D eigenvalue weighted by molar-refractivity contribution is 0.282. The Morgan fingerprint density at radius 3 is 2.45 bits per heavy atom. The summed E-state index contributed by atoms with van der Waals surface area (Å²) in [4.78, 5) is 4.32. The number of aliphatic hydroxyl groups is 1. The third-order valence-corrected chi connectivity index (χ3v) is 3.18. The molecule has 0 aliphatic carbocycles. The fourth-order valence-electron chi connectivity index (χ4n) is 2.03. The maximum Gasteiger partial charge on any atom is 0.193 e. The Morgan fingerprint density at radius 1 is 1.14 bits per heavy atom. The van der Waals surface area contributed by atoms with Gasteiger partial charge in [-0.25, -0.2) is 0 Å². The Kier molecular flexibility index (Phi) is 7.90. The third-order valence-electron chi connectivity index (χ3n) is 3.18. The summed E-state index contributed by atoms with van der Waals surface area (Å²) in [7, 11) is 0. The van der Waals surface area contributed by atoms with Crippen molar-refractivity contribution in [3.8, 4) is 0 Å². The molecule has 4 N–H and O–H groups in total. The van der Waals surface area contributed by atoms with E-state index in [9.17, 15) is 0 Å². The number of nitrogens with zero attached hydrogens (tertiary/aromatic N) is 1. The van der Waals surface area contributed by atoms with Crippen LogP contribution in [0.4, 0.5) is 5.69 Å². The molecule has 118 valence electrons. The lowest BCUT2D eigenvalue weighted by atomic mass is 10.1. The number of halogens is 1. The van der Waals surface area contributed by atoms with Crippen LogP contribution >= 0.6 is 24.0 Å². The Bertz CT molecular complexity index is 612. The number of hydrogen-bond donors (Lipinski definition) is 3. The van der Waals surface area contributed by atoms with E-state index in [1.165, 1.54) is 11.1 Å². The molecule has 0 aromatic heterocycles. The molecule has 22 heavy (non-hydrogen) atoms. The first kappa shape index (κ1) is 18.4. The van der Waals surface area contributed by atoms with Crippen molar-refractivity contribution in [1.29, 1.82) is 0 Å². The first-order valence-electron chi connectivity index (χ1n) is 6.99. The van der Waals surface area contributed by atoms with Crippen LogP contribution in [0.3, 0.4) is 0 Å². The Hall–Kier alpha value is -1.60. The second-order valence-corrected chi connectivity index (χ2v) is 4.99. The first-order chi connectivity index (χ1) is 10.2. The van der Waals surface area contributed by atoms with E-state index in [0.717, 1.165) is 17.7 Å². The molecule has 0 atom stereocenters. The highest BCUT2D eigenvalue weighted by molar-refractivity contribution is 14.0. The van der Waals surface area contributed by atoms with Crippen LogP contribution in [0.15, 0.2) is 53.5 Å². The highest BCUT2D eigenvalue weighted by Crippen LogP contribution is 2.09. The quantitative estimate of drug-likeness (QED) is 0.403. The molecule has 0 heterocycles. The lowest BCUT2D eigenvalue weighted by Crippen LogP contribution is -2.23. The monoisotopic (exact) mass is 411 g/mol. The van der Waals surface area contributed by atoms with E-state index < -0.39 is 0 Å². The number of aliphatic imine (C=N–C) groups is 1. The van der Waals surface area contributed by atoms with Crippen molar-refractivity contribution in [2.75, 3.05) is 11.9 Å². The van der Waals surface area contributed by atoms with Crippen LogP contribution in [0.1, 0.15) is 16.7 Å². The van der Waals surface area contributed by atoms with Crippen molar-refractivity contribution < 1.29 is 5.11 Å². The normalized spacial score (nSPS) is 10.9. The lowest BCUT2D eigenvalue weighted by Gasteiger charge is -2.06. The van der Waals surface area contributed by atoms with Crippen molar-refractivity contribution in [2.24, 2.45) is 10.7 Å². The van der Waals surface area contributed by atoms with Crippen LogP contribution in [0.2, 0.25) is 0 Å². The molecule has 0 fully saturated rings. The minimum atomic E-state index is 0. The van der Waals surface area contributed by atoms with E-state index in [-0.39, 0.29) is 30.6 Å². The highest BCUT2D eigenvalue weighted by atomic mass is 127. The van der Waals surface area contributed by atoms with Crippen LogP contribution in [0.5, 0.6) is 0 Å². The van der Waals surface area contributed by atoms with E-state index in [4.69, 9.17) is 10.8 Å². The first-order valence-corrected chi connectivity index (χ1v) is 6.99. The summed E-state index contributed by atoms with van der Waals surface area (Å²) in [5.74, 6) is 0.424. The van der Waals surface area contributed by atoms with E-state index in [1.54, 1.807) is 0 Å². The topological polar surface area (TPSA) is 70.6 Å². The van der Waals surface area contributed by atoms with Crippen molar-refractivity contribution >= 4 is 35.6 Å². The molecule has 0 spiro atoms. The molecule has 0 radical (unpaired) electrons. The number of benzene rings is 2. The second kappa shape index (κ2) is 9.42. The molecule has 2 aromatic rings. The molecule has 0 bridgehead atoms. The number of anilines is 1. The molecule has 4 nitrogen and oxygen atoms in total. The number of hydrogen-bond acceptors (Lipinski definition) is 2. The summed E-state index contributed by atoms with van der Waals surface area (Å²) in [5, 5.41) is 12.1. The Balaban J connectivity index is 0.00000242. The largest absolute Gasteiger partial charge is 0.392 e. The maximum atomic E-state index is 8.99. The van der Waals surface area contributed by atoms with E-state index in [2.05, 4.69) is 10.3 Å². The van der Waals surface area contributed by atoms with Gasteiger partial charge in [0, 0.05) is 12.2 Å². The number of guanidine groups is 1. The smallest absolute Gasteiger partial charge is 0.193 e. The molecule has 0 saturated carbocycles. The van der Waals surface area contributed by atoms with Gasteiger partial charge in [0.2, 0.25) is 0 Å². The predicted molar refractivity (Wildman–Crippen MR) is 103 cm³/mol. The Morgan fingerprint density at radius 2 is 1.82 bits per heavy atom. The van der Waals surface area contributed by atoms with Gasteiger partial charge in [-0.05, 0) is 42.2 Å². The van der Waals surface area contributed by atoms with Gasteiger partial charge < -0.3 is 16.2 Å². The summed E-state index contributed by atoms with van der Waals surface area (Å²) < 4.78 is 0. The van der Waals surface area contributed by atoms with Crippen LogP contribution in [-0.4, -0.2) is 17.6 Å². The third kappa shape index (κ3) is 6.03. The van der Waals surface area contributed by atoms with Crippen LogP contribution in [0.25, 0.3) is 0 Å². The van der Waals surface area contributed by atoms with Gasteiger partial charge in [-0.15, -0.1) is 24.0 Å². The minimum Gasteiger partial charge on any atom is -0.392 e. The highest BCUT2D eigenvalue weighted by Gasteiger charge is 1.97. The van der Waals surface area contributed by atoms with Crippen molar-refractivity contribution in [2.45, 2.75) is 20.0 Å². The van der Waals surface area contributed by atoms with E-state index >= 15 is 0 Å². The molecule has 0 aliphatic rings. The molecule has 0 saturated heterocycles. The van der Waals surface area contributed by atoms with Gasteiger partial charge in [0.05, 0.1) is 6.61 Å². The summed E-state index contributed by atoms with van der Waals surface area (Å²) in [5.41, 5.74) is 10.1. The molecular formula is C17H22IN3O. The number of aryl methyl sites for hydroxylation is 1. The number of nitrogens with two attached hydrogens (primary N) is 1. The molecule has 0 aliphatic heterocycles. The SMILES string of the molecule is Cc1cccc(NC(N)=NCCc2ccc(CO)cc2)c1.I. The zero-order valence-corrected chi connectivity index (χ0v) is 15.0. The van der Waals surface area contributed by atoms with Gasteiger partial charge in [-0.3, -0.25) is 4.99 Å². The van der Waals surface area contributed by atoms with Gasteiger partial charge in [0.1, 0.15) is 0 Å². The second-order valence-electron chi connectivity index (χ2n) is 4.99. The minimum absolute atomic E-state index is 0. The molecule has 2 rings (SSSR count).